The molecule has 0 fully saturated rings. The molecule has 2 heteroatoms. The zero-order valence-corrected chi connectivity index (χ0v) is 6.03. The maximum absolute atomic E-state index is 12.3. The van der Waals surface area contributed by atoms with Crippen molar-refractivity contribution in [3.63, 3.8) is 0 Å². The maximum atomic E-state index is 12.3. The first-order valence-electron chi connectivity index (χ1n) is 3.48. The highest BCUT2D eigenvalue weighted by Crippen LogP contribution is 2.11. The Morgan fingerprint density at radius 2 is 1.33 bits per heavy atom. The van der Waals surface area contributed by atoms with Crippen molar-refractivity contribution in [2.45, 2.75) is 45.5 Å². The van der Waals surface area contributed by atoms with Crippen molar-refractivity contribution in [2.24, 2.45) is 0 Å². The van der Waals surface area contributed by atoms with Crippen LogP contribution in [0.15, 0.2) is 0 Å². The van der Waals surface area contributed by atoms with E-state index in [1.807, 2.05) is 0 Å². The van der Waals surface area contributed by atoms with Crippen LogP contribution >= 0.6 is 0 Å². The molecule has 0 bridgehead atoms. The fourth-order valence-corrected chi connectivity index (χ4v) is 0.611. The Labute approximate surface area is 55.3 Å². The molecule has 0 aromatic rings. The Kier molecular flexibility index (Phi) is 4.64. The van der Waals surface area contributed by atoms with E-state index in [0.717, 1.165) is 0 Å². The lowest BCUT2D eigenvalue weighted by Crippen LogP contribution is -2.07. The number of hydrogen-bond acceptors (Lipinski definition) is 0. The summed E-state index contributed by atoms with van der Waals surface area (Å²) in [6, 6.07) is 0. The average Bonchev–Trinajstić information content (AvgIpc) is 1.87. The second-order valence-corrected chi connectivity index (χ2v) is 2.25. The van der Waals surface area contributed by atoms with Gasteiger partial charge in [0, 0.05) is 6.42 Å². The molecule has 0 rings (SSSR count). The SMILES string of the molecule is CCC(F)CC(F)CC. The third-order valence-electron chi connectivity index (χ3n) is 1.40. The molecule has 0 aliphatic heterocycles. The molecule has 0 amide bonds. The minimum absolute atomic E-state index is 0.0764. The highest BCUT2D eigenvalue weighted by atomic mass is 19.1. The zero-order chi connectivity index (χ0) is 7.28. The second kappa shape index (κ2) is 4.71. The smallest absolute Gasteiger partial charge is 0.103 e. The van der Waals surface area contributed by atoms with Gasteiger partial charge in [-0.05, 0) is 12.8 Å². The molecule has 0 aromatic heterocycles. The molecule has 0 aliphatic rings. The molecular weight excluding hydrogens is 122 g/mol. The largest absolute Gasteiger partial charge is 0.247 e. The van der Waals surface area contributed by atoms with Crippen LogP contribution in [0.3, 0.4) is 0 Å². The molecule has 0 saturated heterocycles. The average molecular weight is 136 g/mol. The molecule has 2 unspecified atom stereocenters. The number of rotatable bonds is 4. The summed E-state index contributed by atoms with van der Waals surface area (Å²) >= 11 is 0. The van der Waals surface area contributed by atoms with Crippen LogP contribution in [-0.2, 0) is 0 Å². The van der Waals surface area contributed by atoms with E-state index in [0.29, 0.717) is 12.8 Å². The molecule has 0 heterocycles. The van der Waals surface area contributed by atoms with Crippen molar-refractivity contribution < 1.29 is 8.78 Å². The Morgan fingerprint density at radius 1 is 1.00 bits per heavy atom. The van der Waals surface area contributed by atoms with E-state index in [1.165, 1.54) is 0 Å². The van der Waals surface area contributed by atoms with Gasteiger partial charge in [-0.2, -0.15) is 0 Å². The molecule has 0 N–H and O–H groups in total. The summed E-state index contributed by atoms with van der Waals surface area (Å²) in [6.07, 6.45) is -0.951. The molecule has 0 radical (unpaired) electrons. The Balaban J connectivity index is 3.22. The van der Waals surface area contributed by atoms with Gasteiger partial charge in [0.2, 0.25) is 0 Å². The Bertz CT molecular complexity index is 55.9. The summed E-state index contributed by atoms with van der Waals surface area (Å²) in [6.45, 7) is 3.46. The summed E-state index contributed by atoms with van der Waals surface area (Å²) in [5.74, 6) is 0. The number of hydrogen-bond donors (Lipinski definition) is 0. The van der Waals surface area contributed by atoms with E-state index in [4.69, 9.17) is 0 Å². The quantitative estimate of drug-likeness (QED) is 0.557. The molecule has 2 atom stereocenters. The second-order valence-electron chi connectivity index (χ2n) is 2.25. The van der Waals surface area contributed by atoms with Gasteiger partial charge in [-0.1, -0.05) is 13.8 Å². The van der Waals surface area contributed by atoms with Crippen LogP contribution < -0.4 is 0 Å². The Hall–Kier alpha value is -0.140. The van der Waals surface area contributed by atoms with E-state index in [-0.39, 0.29) is 6.42 Å². The lowest BCUT2D eigenvalue weighted by Gasteiger charge is -2.06. The molecule has 0 aliphatic carbocycles. The van der Waals surface area contributed by atoms with Gasteiger partial charge in [-0.3, -0.25) is 0 Å². The molecule has 56 valence electrons. The van der Waals surface area contributed by atoms with Gasteiger partial charge >= 0.3 is 0 Å². The fraction of sp³-hybridized carbons (Fsp3) is 1.00. The number of alkyl halides is 2. The maximum Gasteiger partial charge on any atom is 0.103 e. The van der Waals surface area contributed by atoms with Gasteiger partial charge in [-0.15, -0.1) is 0 Å². The highest BCUT2D eigenvalue weighted by molar-refractivity contribution is 4.60. The molecule has 0 aromatic carbocycles. The summed E-state index contributed by atoms with van der Waals surface area (Å²) in [4.78, 5) is 0. The molecule has 9 heavy (non-hydrogen) atoms. The van der Waals surface area contributed by atoms with E-state index < -0.39 is 12.3 Å². The van der Waals surface area contributed by atoms with E-state index >= 15 is 0 Å². The van der Waals surface area contributed by atoms with Crippen molar-refractivity contribution in [3.05, 3.63) is 0 Å². The van der Waals surface area contributed by atoms with Gasteiger partial charge in [-0.25, -0.2) is 8.78 Å². The lowest BCUT2D eigenvalue weighted by atomic mass is 10.1. The minimum atomic E-state index is -0.944. The van der Waals surface area contributed by atoms with Gasteiger partial charge in [0.15, 0.2) is 0 Å². The summed E-state index contributed by atoms with van der Waals surface area (Å²) in [5, 5.41) is 0. The van der Waals surface area contributed by atoms with Crippen molar-refractivity contribution in [1.29, 1.82) is 0 Å². The zero-order valence-electron chi connectivity index (χ0n) is 6.03. The first-order valence-corrected chi connectivity index (χ1v) is 3.48. The van der Waals surface area contributed by atoms with Crippen molar-refractivity contribution in [2.75, 3.05) is 0 Å². The van der Waals surface area contributed by atoms with Crippen molar-refractivity contribution in [1.82, 2.24) is 0 Å². The van der Waals surface area contributed by atoms with Crippen LogP contribution in [0.4, 0.5) is 8.78 Å². The summed E-state index contributed by atoms with van der Waals surface area (Å²) in [7, 11) is 0. The van der Waals surface area contributed by atoms with Crippen LogP contribution in [0, 0.1) is 0 Å². The topological polar surface area (TPSA) is 0 Å². The first-order chi connectivity index (χ1) is 4.20. The molecule has 0 saturated carbocycles. The monoisotopic (exact) mass is 136 g/mol. The van der Waals surface area contributed by atoms with Crippen molar-refractivity contribution in [3.8, 4) is 0 Å². The molecular formula is C7H14F2. The normalized spacial score (nSPS) is 17.3. The van der Waals surface area contributed by atoms with Gasteiger partial charge < -0.3 is 0 Å². The van der Waals surface area contributed by atoms with Gasteiger partial charge in [0.1, 0.15) is 12.3 Å². The summed E-state index contributed by atoms with van der Waals surface area (Å²) in [5.41, 5.74) is 0. The van der Waals surface area contributed by atoms with Gasteiger partial charge in [0.05, 0.1) is 0 Å². The number of halogens is 2. The molecule has 0 spiro atoms. The predicted molar refractivity (Wildman–Crippen MR) is 35.0 cm³/mol. The third-order valence-corrected chi connectivity index (χ3v) is 1.40. The highest BCUT2D eigenvalue weighted by Gasteiger charge is 2.10. The van der Waals surface area contributed by atoms with Crippen molar-refractivity contribution >= 4 is 0 Å². The van der Waals surface area contributed by atoms with Gasteiger partial charge in [0.25, 0.3) is 0 Å². The van der Waals surface area contributed by atoms with E-state index in [1.54, 1.807) is 13.8 Å². The van der Waals surface area contributed by atoms with E-state index in [9.17, 15) is 8.78 Å². The molecule has 0 nitrogen and oxygen atoms in total. The predicted octanol–water partition coefficient (Wildman–Crippen LogP) is 2.87. The van der Waals surface area contributed by atoms with Crippen LogP contribution in [0.25, 0.3) is 0 Å². The standard InChI is InChI=1S/C7H14F2/c1-3-6(8)5-7(9)4-2/h6-7H,3-5H2,1-2H3. The summed E-state index contributed by atoms with van der Waals surface area (Å²) < 4.78 is 24.7. The van der Waals surface area contributed by atoms with Crippen LogP contribution in [-0.4, -0.2) is 12.3 Å². The van der Waals surface area contributed by atoms with Crippen LogP contribution in [0.5, 0.6) is 0 Å². The minimum Gasteiger partial charge on any atom is -0.247 e. The first kappa shape index (κ1) is 8.86. The fourth-order valence-electron chi connectivity index (χ4n) is 0.611. The van der Waals surface area contributed by atoms with Crippen LogP contribution in [0.2, 0.25) is 0 Å². The Morgan fingerprint density at radius 3 is 1.56 bits per heavy atom. The lowest BCUT2D eigenvalue weighted by molar-refractivity contribution is 0.210. The van der Waals surface area contributed by atoms with Crippen LogP contribution in [0.1, 0.15) is 33.1 Å². The van der Waals surface area contributed by atoms with E-state index in [2.05, 4.69) is 0 Å². The third kappa shape index (κ3) is 4.37.